The van der Waals surface area contributed by atoms with Gasteiger partial charge in [-0.1, -0.05) is 51.5 Å². The number of Topliss-reactive ketones (excluding diaryl/α,β-unsaturated/α-hetero) is 1. The Kier molecular flexibility index (Phi) is 9.93. The maximum Gasteiger partial charge on any atom is 0.453 e. The van der Waals surface area contributed by atoms with E-state index < -0.39 is 35.7 Å². The van der Waals surface area contributed by atoms with E-state index in [4.69, 9.17) is 0 Å². The van der Waals surface area contributed by atoms with Crippen molar-refractivity contribution in [1.82, 2.24) is 0 Å². The number of hydrogen-bond acceptors (Lipinski definition) is 4. The molecular formula is C34H47F5O4S. The van der Waals surface area contributed by atoms with Crippen molar-refractivity contribution in [3.63, 3.8) is 0 Å². The summed E-state index contributed by atoms with van der Waals surface area (Å²) in [4.78, 5) is 13.9. The van der Waals surface area contributed by atoms with Crippen LogP contribution in [0.4, 0.5) is 22.0 Å². The van der Waals surface area contributed by atoms with Crippen LogP contribution in [0.25, 0.3) is 0 Å². The fraction of sp³-hybridized carbons (Fsp3) is 0.794. The van der Waals surface area contributed by atoms with E-state index in [1.807, 2.05) is 6.07 Å². The van der Waals surface area contributed by atoms with Crippen LogP contribution in [-0.4, -0.2) is 49.9 Å². The van der Waals surface area contributed by atoms with Gasteiger partial charge in [0.25, 0.3) is 0 Å². The molecule has 4 nitrogen and oxygen atoms in total. The molecular weight excluding hydrogens is 599 g/mol. The number of unbranched alkanes of at least 4 members (excludes halogenated alkanes) is 6. The third-order valence-corrected chi connectivity index (χ3v) is 13.4. The van der Waals surface area contributed by atoms with Crippen LogP contribution < -0.4 is 0 Å². The topological polar surface area (TPSA) is 74.6 Å². The molecule has 1 aromatic carbocycles. The Morgan fingerprint density at radius 2 is 1.57 bits per heavy atom. The number of hydrogen-bond donors (Lipinski definition) is 2. The fourth-order valence-electron chi connectivity index (χ4n) is 9.37. The van der Waals surface area contributed by atoms with Gasteiger partial charge in [0, 0.05) is 45.6 Å². The molecule has 7 atom stereocenters. The Hall–Kier alpha value is -1.55. The van der Waals surface area contributed by atoms with Crippen LogP contribution >= 0.6 is 0 Å². The minimum Gasteiger partial charge on any atom is -0.508 e. The van der Waals surface area contributed by atoms with Crippen LogP contribution in [0.5, 0.6) is 5.75 Å². The zero-order chi connectivity index (χ0) is 31.9. The normalized spacial score (nSPS) is 31.4. The molecule has 248 valence electrons. The predicted molar refractivity (Wildman–Crippen MR) is 160 cm³/mol. The molecule has 3 fully saturated rings. The maximum absolute atomic E-state index is 13.9. The summed E-state index contributed by atoms with van der Waals surface area (Å²) in [6.07, 6.45) is 4.56. The first-order valence-corrected chi connectivity index (χ1v) is 18.1. The Bertz CT molecular complexity index is 1210. The molecule has 0 heterocycles. The van der Waals surface area contributed by atoms with Gasteiger partial charge >= 0.3 is 12.1 Å². The van der Waals surface area contributed by atoms with E-state index in [-0.39, 0.29) is 52.0 Å². The molecule has 4 aliphatic rings. The lowest BCUT2D eigenvalue weighted by atomic mass is 9.50. The van der Waals surface area contributed by atoms with Gasteiger partial charge in [-0.2, -0.15) is 22.0 Å². The molecule has 44 heavy (non-hydrogen) atoms. The zero-order valence-corrected chi connectivity index (χ0v) is 26.5. The number of phenols is 1. The van der Waals surface area contributed by atoms with Crippen molar-refractivity contribution < 1.29 is 41.2 Å². The highest BCUT2D eigenvalue weighted by atomic mass is 32.2. The lowest BCUT2D eigenvalue weighted by Crippen LogP contribution is -2.48. The monoisotopic (exact) mass is 646 g/mol. The van der Waals surface area contributed by atoms with Crippen LogP contribution in [0, 0.1) is 28.6 Å². The van der Waals surface area contributed by atoms with Gasteiger partial charge in [-0.15, -0.1) is 0 Å². The van der Waals surface area contributed by atoms with E-state index >= 15 is 0 Å². The summed E-state index contributed by atoms with van der Waals surface area (Å²) in [7, 11) is -1.39. The summed E-state index contributed by atoms with van der Waals surface area (Å²) in [6.45, 7) is 2.37. The number of alkyl halides is 5. The van der Waals surface area contributed by atoms with Crippen LogP contribution in [-0.2, 0) is 10.8 Å². The van der Waals surface area contributed by atoms with Crippen molar-refractivity contribution in [1.29, 1.82) is 0 Å². The van der Waals surface area contributed by atoms with Gasteiger partial charge < -0.3 is 10.2 Å². The van der Waals surface area contributed by atoms with E-state index in [1.54, 1.807) is 12.1 Å². The van der Waals surface area contributed by atoms with E-state index in [9.17, 15) is 41.2 Å². The number of carbonyl (C=O) groups excluding carboxylic acids is 1. The first kappa shape index (κ1) is 33.8. The number of ketones is 1. The molecule has 0 aliphatic heterocycles. The number of halogens is 5. The van der Waals surface area contributed by atoms with Crippen molar-refractivity contribution >= 4 is 16.6 Å². The van der Waals surface area contributed by atoms with E-state index in [1.165, 1.54) is 0 Å². The van der Waals surface area contributed by atoms with Crippen molar-refractivity contribution in [2.75, 3.05) is 11.5 Å². The van der Waals surface area contributed by atoms with E-state index in [0.29, 0.717) is 23.7 Å². The van der Waals surface area contributed by atoms with Crippen LogP contribution in [0.3, 0.4) is 0 Å². The number of aliphatic hydroxyl groups excluding tert-OH is 1. The summed E-state index contributed by atoms with van der Waals surface area (Å²) in [5.74, 6) is -3.58. The molecule has 2 N–H and O–H groups in total. The van der Waals surface area contributed by atoms with Crippen LogP contribution in [0.1, 0.15) is 125 Å². The molecule has 0 aromatic heterocycles. The minimum absolute atomic E-state index is 0.0276. The second kappa shape index (κ2) is 12.9. The highest BCUT2D eigenvalue weighted by Crippen LogP contribution is 2.76. The Balaban J connectivity index is 1.07. The third-order valence-electron chi connectivity index (χ3n) is 11.9. The number of rotatable bonds is 14. The number of fused-ring (bicyclic) bond motifs is 6. The Morgan fingerprint density at radius 3 is 2.23 bits per heavy atom. The summed E-state index contributed by atoms with van der Waals surface area (Å²) >= 11 is 0. The van der Waals surface area contributed by atoms with E-state index in [0.717, 1.165) is 82.6 Å². The molecule has 4 aliphatic carbocycles. The molecule has 3 saturated carbocycles. The summed E-state index contributed by atoms with van der Waals surface area (Å²) in [6, 6.07) is 5.28. The second-order valence-corrected chi connectivity index (χ2v) is 16.0. The number of benzene rings is 1. The van der Waals surface area contributed by atoms with Gasteiger partial charge in [0.2, 0.25) is 0 Å². The third kappa shape index (κ3) is 6.37. The Labute approximate surface area is 260 Å². The average molecular weight is 647 g/mol. The van der Waals surface area contributed by atoms with Gasteiger partial charge in [-0.05, 0) is 92.2 Å². The average Bonchev–Trinajstić information content (AvgIpc) is 3.74. The molecule has 0 amide bonds. The Morgan fingerprint density at radius 1 is 0.932 bits per heavy atom. The largest absolute Gasteiger partial charge is 0.508 e. The van der Waals surface area contributed by atoms with Gasteiger partial charge in [0.05, 0.1) is 6.10 Å². The smallest absolute Gasteiger partial charge is 0.453 e. The molecule has 1 spiro atoms. The highest BCUT2D eigenvalue weighted by molar-refractivity contribution is 7.84. The van der Waals surface area contributed by atoms with Gasteiger partial charge in [0.15, 0.2) is 5.78 Å². The molecule has 5 rings (SSSR count). The number of phenolic OH excluding ortho intramolecular Hbond substituents is 1. The molecule has 4 unspecified atom stereocenters. The lowest BCUT2D eigenvalue weighted by molar-refractivity contribution is -0.284. The standard InChI is InChI=1S/C34H47F5O4S/c1-31-15-13-24-23-12-11-22(40)20-26(23)30(42)25(29(24)27(31)21-28(41)32(31)16-17-32)10-7-5-3-2-4-6-8-18-44(43)19-9-14-33(35,36)34(37,38)39/h11-12,20,24-25,27-29,40-41H,2-10,13-19,21H2,1H3/t24?,25-,27?,28+,29?,31-,44?/m0/s1. The molecule has 0 bridgehead atoms. The minimum atomic E-state index is -5.56. The summed E-state index contributed by atoms with van der Waals surface area (Å²) < 4.78 is 74.7. The van der Waals surface area contributed by atoms with Crippen molar-refractivity contribution in [2.45, 2.75) is 127 Å². The highest BCUT2D eigenvalue weighted by Gasteiger charge is 2.71. The quantitative estimate of drug-likeness (QED) is 0.157. The lowest BCUT2D eigenvalue weighted by Gasteiger charge is -2.53. The zero-order valence-electron chi connectivity index (χ0n) is 25.6. The second-order valence-electron chi connectivity index (χ2n) is 14.3. The van der Waals surface area contributed by atoms with Crippen molar-refractivity contribution in [3.8, 4) is 5.75 Å². The van der Waals surface area contributed by atoms with E-state index in [2.05, 4.69) is 6.92 Å². The number of carbonyl (C=O) groups is 1. The van der Waals surface area contributed by atoms with Gasteiger partial charge in [-0.3, -0.25) is 9.00 Å². The summed E-state index contributed by atoms with van der Waals surface area (Å²) in [5.41, 5.74) is 1.84. The van der Waals surface area contributed by atoms with Crippen LogP contribution in [0.15, 0.2) is 18.2 Å². The molecule has 1 aromatic rings. The van der Waals surface area contributed by atoms with Gasteiger partial charge in [0.1, 0.15) is 5.75 Å². The van der Waals surface area contributed by atoms with Gasteiger partial charge in [-0.25, -0.2) is 0 Å². The van der Waals surface area contributed by atoms with Crippen molar-refractivity contribution in [2.24, 2.45) is 28.6 Å². The molecule has 0 radical (unpaired) electrons. The summed E-state index contributed by atoms with van der Waals surface area (Å²) in [5, 5.41) is 21.3. The molecule has 0 saturated heterocycles. The first-order chi connectivity index (χ1) is 20.7. The predicted octanol–water partition coefficient (Wildman–Crippen LogP) is 8.71. The van der Waals surface area contributed by atoms with Crippen molar-refractivity contribution in [3.05, 3.63) is 29.3 Å². The fourth-order valence-corrected chi connectivity index (χ4v) is 10.6. The first-order valence-electron chi connectivity index (χ1n) is 16.6. The number of aliphatic hydroxyl groups is 1. The van der Waals surface area contributed by atoms with Crippen LogP contribution in [0.2, 0.25) is 0 Å². The molecule has 10 heteroatoms. The SMILES string of the molecule is C[C@]12CCC3c4ccc(O)cc4C(=O)[C@@H](CCCCCCCCCS(=O)CCCC(F)(F)C(F)(F)F)C3C1C[C@@H](O)C21CC1. The number of aromatic hydroxyl groups is 1. The maximum atomic E-state index is 13.9.